The number of rotatable bonds is 6. The third-order valence-corrected chi connectivity index (χ3v) is 3.73. The van der Waals surface area contributed by atoms with Gasteiger partial charge in [0.1, 0.15) is 17.3 Å². The van der Waals surface area contributed by atoms with E-state index in [1.54, 1.807) is 36.4 Å². The maximum atomic E-state index is 12.9. The average molecular weight is 379 g/mol. The van der Waals surface area contributed by atoms with Crippen molar-refractivity contribution < 1.29 is 14.0 Å². The van der Waals surface area contributed by atoms with Gasteiger partial charge in [-0.15, -0.1) is 0 Å². The summed E-state index contributed by atoms with van der Waals surface area (Å²) in [4.78, 5) is 31.4. The molecule has 0 unspecified atom stereocenters. The number of benzene rings is 2. The molecule has 1 heterocycles. The summed E-state index contributed by atoms with van der Waals surface area (Å²) in [5.41, 5.74) is 2.41. The van der Waals surface area contributed by atoms with Gasteiger partial charge in [-0.3, -0.25) is 9.59 Å². The number of hydrogen-bond donors (Lipinski definition) is 3. The summed E-state index contributed by atoms with van der Waals surface area (Å²) in [5, 5.41) is 8.45. The second kappa shape index (κ2) is 8.72. The van der Waals surface area contributed by atoms with Crippen molar-refractivity contribution in [3.63, 3.8) is 0 Å². The molecule has 8 heteroatoms. The van der Waals surface area contributed by atoms with Crippen LogP contribution in [0.25, 0.3) is 0 Å². The third-order valence-electron chi connectivity index (χ3n) is 3.73. The Kier molecular flexibility index (Phi) is 5.91. The molecule has 142 valence electrons. The second-order valence-electron chi connectivity index (χ2n) is 5.98. The van der Waals surface area contributed by atoms with Crippen molar-refractivity contribution in [1.29, 1.82) is 0 Å². The summed E-state index contributed by atoms with van der Waals surface area (Å²) in [6, 6.07) is 13.0. The molecule has 0 saturated carbocycles. The highest BCUT2D eigenvalue weighted by molar-refractivity contribution is 5.92. The molecule has 0 aliphatic carbocycles. The highest BCUT2D eigenvalue weighted by Gasteiger charge is 2.08. The molecule has 0 atom stereocenters. The van der Waals surface area contributed by atoms with Crippen LogP contribution < -0.4 is 16.0 Å². The molecular weight excluding hydrogens is 361 g/mol. The minimum atomic E-state index is -0.372. The van der Waals surface area contributed by atoms with Crippen molar-refractivity contribution in [2.45, 2.75) is 13.5 Å². The number of halogens is 1. The van der Waals surface area contributed by atoms with Gasteiger partial charge >= 0.3 is 0 Å². The highest BCUT2D eigenvalue weighted by Crippen LogP contribution is 2.17. The SMILES string of the molecule is CC(=O)Nc1ccc(Nc2cnc(C(=O)NCc3ccc(F)cc3)cn2)cc1. The zero-order valence-electron chi connectivity index (χ0n) is 15.1. The molecule has 0 fully saturated rings. The molecule has 0 aliphatic rings. The monoisotopic (exact) mass is 379 g/mol. The van der Waals surface area contributed by atoms with Crippen molar-refractivity contribution in [3.8, 4) is 0 Å². The molecule has 0 spiro atoms. The molecule has 28 heavy (non-hydrogen) atoms. The van der Waals surface area contributed by atoms with Crippen LogP contribution in [0.4, 0.5) is 21.6 Å². The quantitative estimate of drug-likeness (QED) is 0.611. The molecule has 1 aromatic heterocycles. The van der Waals surface area contributed by atoms with Crippen LogP contribution in [0.3, 0.4) is 0 Å². The van der Waals surface area contributed by atoms with Gasteiger partial charge in [-0.2, -0.15) is 0 Å². The summed E-state index contributed by atoms with van der Waals surface area (Å²) in [6.07, 6.45) is 2.82. The predicted octanol–water partition coefficient (Wildman–Crippen LogP) is 3.25. The van der Waals surface area contributed by atoms with Crippen LogP contribution in [-0.4, -0.2) is 21.8 Å². The normalized spacial score (nSPS) is 10.2. The van der Waals surface area contributed by atoms with Gasteiger partial charge in [0, 0.05) is 24.8 Å². The van der Waals surface area contributed by atoms with Gasteiger partial charge in [-0.05, 0) is 42.0 Å². The average Bonchev–Trinajstić information content (AvgIpc) is 2.69. The summed E-state index contributed by atoms with van der Waals surface area (Å²) in [7, 11) is 0. The maximum absolute atomic E-state index is 12.9. The predicted molar refractivity (Wildman–Crippen MR) is 104 cm³/mol. The largest absolute Gasteiger partial charge is 0.347 e. The van der Waals surface area contributed by atoms with Crippen molar-refractivity contribution >= 4 is 29.0 Å². The van der Waals surface area contributed by atoms with E-state index in [1.165, 1.54) is 31.5 Å². The molecule has 0 bridgehead atoms. The first-order valence-electron chi connectivity index (χ1n) is 8.49. The van der Waals surface area contributed by atoms with E-state index >= 15 is 0 Å². The molecule has 3 N–H and O–H groups in total. The van der Waals surface area contributed by atoms with E-state index < -0.39 is 0 Å². The molecule has 0 aliphatic heterocycles. The minimum absolute atomic E-state index is 0.139. The first-order valence-corrected chi connectivity index (χ1v) is 8.49. The molecule has 0 saturated heterocycles. The summed E-state index contributed by atoms with van der Waals surface area (Å²) >= 11 is 0. The number of hydrogen-bond acceptors (Lipinski definition) is 5. The molecule has 0 radical (unpaired) electrons. The van der Waals surface area contributed by atoms with E-state index in [0.717, 1.165) is 11.3 Å². The van der Waals surface area contributed by atoms with Gasteiger partial charge in [0.2, 0.25) is 5.91 Å². The summed E-state index contributed by atoms with van der Waals surface area (Å²) in [5.74, 6) is -0.362. The Morgan fingerprint density at radius 3 is 2.21 bits per heavy atom. The maximum Gasteiger partial charge on any atom is 0.271 e. The lowest BCUT2D eigenvalue weighted by Gasteiger charge is -2.08. The lowest BCUT2D eigenvalue weighted by atomic mass is 10.2. The van der Waals surface area contributed by atoms with E-state index in [2.05, 4.69) is 25.9 Å². The summed E-state index contributed by atoms with van der Waals surface area (Å²) in [6.45, 7) is 1.71. The Bertz CT molecular complexity index is 957. The van der Waals surface area contributed by atoms with E-state index in [0.29, 0.717) is 11.5 Å². The highest BCUT2D eigenvalue weighted by atomic mass is 19.1. The molecular formula is C20H18FN5O2. The van der Waals surface area contributed by atoms with Gasteiger partial charge in [-0.25, -0.2) is 14.4 Å². The topological polar surface area (TPSA) is 96.0 Å². The molecule has 7 nitrogen and oxygen atoms in total. The van der Waals surface area contributed by atoms with Crippen LogP contribution in [0.2, 0.25) is 0 Å². The second-order valence-corrected chi connectivity index (χ2v) is 5.98. The molecule has 3 rings (SSSR count). The molecule has 2 amide bonds. The Morgan fingerprint density at radius 2 is 1.61 bits per heavy atom. The van der Waals surface area contributed by atoms with Crippen LogP contribution in [0, 0.1) is 5.82 Å². The number of aromatic nitrogens is 2. The first-order chi connectivity index (χ1) is 13.5. The number of carbonyl (C=O) groups is 2. The van der Waals surface area contributed by atoms with Crippen LogP contribution in [0.5, 0.6) is 0 Å². The van der Waals surface area contributed by atoms with E-state index in [9.17, 15) is 14.0 Å². The van der Waals surface area contributed by atoms with Gasteiger partial charge < -0.3 is 16.0 Å². The van der Waals surface area contributed by atoms with Gasteiger partial charge in [0.15, 0.2) is 0 Å². The fraction of sp³-hybridized carbons (Fsp3) is 0.100. The fourth-order valence-corrected chi connectivity index (χ4v) is 2.37. The van der Waals surface area contributed by atoms with E-state index in [1.807, 2.05) is 0 Å². The van der Waals surface area contributed by atoms with Crippen LogP contribution >= 0.6 is 0 Å². The van der Waals surface area contributed by atoms with Gasteiger partial charge in [-0.1, -0.05) is 12.1 Å². The zero-order valence-corrected chi connectivity index (χ0v) is 15.1. The Balaban J connectivity index is 1.55. The van der Waals surface area contributed by atoms with Gasteiger partial charge in [0.05, 0.1) is 12.4 Å². The van der Waals surface area contributed by atoms with E-state index in [4.69, 9.17) is 0 Å². The van der Waals surface area contributed by atoms with Gasteiger partial charge in [0.25, 0.3) is 5.91 Å². The van der Waals surface area contributed by atoms with Crippen molar-refractivity contribution in [2.24, 2.45) is 0 Å². The third kappa shape index (κ3) is 5.34. The fourth-order valence-electron chi connectivity index (χ4n) is 2.37. The number of carbonyl (C=O) groups excluding carboxylic acids is 2. The Hall–Kier alpha value is -3.81. The molecule has 3 aromatic rings. The lowest BCUT2D eigenvalue weighted by molar-refractivity contribution is -0.114. The Morgan fingerprint density at radius 1 is 0.929 bits per heavy atom. The van der Waals surface area contributed by atoms with E-state index in [-0.39, 0.29) is 29.9 Å². The smallest absolute Gasteiger partial charge is 0.271 e. The minimum Gasteiger partial charge on any atom is -0.347 e. The van der Waals surface area contributed by atoms with Crippen LogP contribution in [-0.2, 0) is 11.3 Å². The zero-order chi connectivity index (χ0) is 19.9. The van der Waals surface area contributed by atoms with Crippen molar-refractivity contribution in [1.82, 2.24) is 15.3 Å². The lowest BCUT2D eigenvalue weighted by Crippen LogP contribution is -2.24. The van der Waals surface area contributed by atoms with Crippen LogP contribution in [0.15, 0.2) is 60.9 Å². The standard InChI is InChI=1S/C20H18FN5O2/c1-13(27)25-16-6-8-17(9-7-16)26-19-12-22-18(11-23-19)20(28)24-10-14-2-4-15(21)5-3-14/h2-9,11-12H,10H2,1H3,(H,23,26)(H,24,28)(H,25,27). The number of nitrogens with one attached hydrogen (secondary N) is 3. The number of anilines is 3. The molecule has 2 aromatic carbocycles. The first kappa shape index (κ1) is 19.0. The van der Waals surface area contributed by atoms with Crippen molar-refractivity contribution in [3.05, 3.63) is 78.0 Å². The van der Waals surface area contributed by atoms with Crippen LogP contribution in [0.1, 0.15) is 23.0 Å². The summed E-state index contributed by atoms with van der Waals surface area (Å²) < 4.78 is 12.9. The Labute approximate surface area is 161 Å². The number of nitrogens with zero attached hydrogens (tertiary/aromatic N) is 2. The van der Waals surface area contributed by atoms with Crippen molar-refractivity contribution in [2.75, 3.05) is 10.6 Å². The number of amides is 2.